The highest BCUT2D eigenvalue weighted by atomic mass is 32.2. The molecule has 0 bridgehead atoms. The van der Waals surface area contributed by atoms with Gasteiger partial charge in [-0.05, 0) is 55.3 Å². The molecular weight excluding hydrogens is 478 g/mol. The first-order valence-corrected chi connectivity index (χ1v) is 13.4. The van der Waals surface area contributed by atoms with Gasteiger partial charge in [0.25, 0.3) is 11.8 Å². The molecule has 3 rings (SSSR count). The van der Waals surface area contributed by atoms with Gasteiger partial charge in [0.1, 0.15) is 5.75 Å². The molecule has 2 atom stereocenters. The van der Waals surface area contributed by atoms with Crippen molar-refractivity contribution in [1.29, 1.82) is 0 Å². The lowest BCUT2D eigenvalue weighted by Crippen LogP contribution is -2.34. The molecule has 3 aromatic rings. The van der Waals surface area contributed by atoms with E-state index in [0.717, 1.165) is 16.1 Å². The summed E-state index contributed by atoms with van der Waals surface area (Å²) in [5, 5.41) is 5.78. The standard InChI is InChI=1S/C27H31N3O5S/c1-5-25(35-22-17-15-21(16-18-22)30(3)36(4,33)34)27(32)29-24-14-10-9-13-23(24)26(31)28-19(2)20-11-7-6-8-12-20/h6-19,25H,5H2,1-4H3,(H,28,31)(H,29,32). The van der Waals surface area contributed by atoms with Crippen molar-refractivity contribution in [2.45, 2.75) is 32.4 Å². The molecule has 0 spiro atoms. The van der Waals surface area contributed by atoms with Crippen LogP contribution in [0.15, 0.2) is 78.9 Å². The predicted octanol–water partition coefficient (Wildman–Crippen LogP) is 4.37. The molecule has 0 aromatic heterocycles. The lowest BCUT2D eigenvalue weighted by molar-refractivity contribution is -0.122. The summed E-state index contributed by atoms with van der Waals surface area (Å²) in [5.74, 6) is -0.279. The number of hydrogen-bond acceptors (Lipinski definition) is 5. The molecule has 190 valence electrons. The van der Waals surface area contributed by atoms with E-state index in [-0.39, 0.29) is 11.9 Å². The first kappa shape index (κ1) is 26.7. The zero-order valence-electron chi connectivity index (χ0n) is 20.8. The van der Waals surface area contributed by atoms with Crippen LogP contribution in [-0.4, -0.2) is 39.6 Å². The summed E-state index contributed by atoms with van der Waals surface area (Å²) in [7, 11) is -1.92. The molecule has 2 unspecified atom stereocenters. The van der Waals surface area contributed by atoms with Crippen LogP contribution in [0.4, 0.5) is 11.4 Å². The Labute approximate surface area is 212 Å². The number of benzene rings is 3. The summed E-state index contributed by atoms with van der Waals surface area (Å²) < 4.78 is 30.5. The van der Waals surface area contributed by atoms with Crippen molar-refractivity contribution >= 4 is 33.2 Å². The topological polar surface area (TPSA) is 105 Å². The minimum Gasteiger partial charge on any atom is -0.481 e. The van der Waals surface area contributed by atoms with Crippen molar-refractivity contribution in [2.24, 2.45) is 0 Å². The van der Waals surface area contributed by atoms with Gasteiger partial charge in [0.05, 0.1) is 29.2 Å². The molecule has 2 N–H and O–H groups in total. The molecule has 0 fully saturated rings. The highest BCUT2D eigenvalue weighted by molar-refractivity contribution is 7.92. The maximum atomic E-state index is 13.0. The van der Waals surface area contributed by atoms with E-state index in [1.165, 1.54) is 7.05 Å². The van der Waals surface area contributed by atoms with Gasteiger partial charge < -0.3 is 15.4 Å². The van der Waals surface area contributed by atoms with Crippen LogP contribution in [0.5, 0.6) is 5.75 Å². The monoisotopic (exact) mass is 509 g/mol. The molecular formula is C27H31N3O5S. The van der Waals surface area contributed by atoms with Crippen LogP contribution in [0, 0.1) is 0 Å². The van der Waals surface area contributed by atoms with Crippen molar-refractivity contribution in [3.8, 4) is 5.75 Å². The molecule has 8 nitrogen and oxygen atoms in total. The van der Waals surface area contributed by atoms with Gasteiger partial charge in [-0.1, -0.05) is 49.4 Å². The number of nitrogens with zero attached hydrogens (tertiary/aromatic N) is 1. The summed E-state index contributed by atoms with van der Waals surface area (Å²) in [6, 6.07) is 22.6. The Morgan fingerprint density at radius 3 is 2.17 bits per heavy atom. The van der Waals surface area contributed by atoms with Gasteiger partial charge in [-0.15, -0.1) is 0 Å². The van der Waals surface area contributed by atoms with E-state index < -0.39 is 22.0 Å². The fourth-order valence-corrected chi connectivity index (χ4v) is 4.02. The van der Waals surface area contributed by atoms with E-state index in [0.29, 0.717) is 29.1 Å². The highest BCUT2D eigenvalue weighted by Gasteiger charge is 2.22. The number of hydrogen-bond donors (Lipinski definition) is 2. The smallest absolute Gasteiger partial charge is 0.265 e. The number of rotatable bonds is 10. The zero-order valence-corrected chi connectivity index (χ0v) is 21.6. The molecule has 0 heterocycles. The predicted molar refractivity (Wildman–Crippen MR) is 142 cm³/mol. The van der Waals surface area contributed by atoms with Crippen molar-refractivity contribution in [3.63, 3.8) is 0 Å². The fraction of sp³-hybridized carbons (Fsp3) is 0.259. The van der Waals surface area contributed by atoms with Gasteiger partial charge >= 0.3 is 0 Å². The van der Waals surface area contributed by atoms with E-state index in [1.54, 1.807) is 48.5 Å². The van der Waals surface area contributed by atoms with Crippen LogP contribution in [0.1, 0.15) is 42.2 Å². The Kier molecular flexibility index (Phi) is 8.71. The van der Waals surface area contributed by atoms with Crippen LogP contribution in [0.25, 0.3) is 0 Å². The van der Waals surface area contributed by atoms with Gasteiger partial charge in [0, 0.05) is 7.05 Å². The first-order valence-electron chi connectivity index (χ1n) is 11.6. The van der Waals surface area contributed by atoms with Crippen molar-refractivity contribution in [1.82, 2.24) is 5.32 Å². The number of anilines is 2. The first-order chi connectivity index (χ1) is 17.1. The molecule has 0 aliphatic heterocycles. The number of carbonyl (C=O) groups excluding carboxylic acids is 2. The van der Waals surface area contributed by atoms with E-state index >= 15 is 0 Å². The average Bonchev–Trinajstić information content (AvgIpc) is 2.87. The van der Waals surface area contributed by atoms with Crippen LogP contribution in [0.3, 0.4) is 0 Å². The van der Waals surface area contributed by atoms with Crippen LogP contribution < -0.4 is 19.7 Å². The second kappa shape index (κ2) is 11.7. The molecule has 36 heavy (non-hydrogen) atoms. The number of ether oxygens (including phenoxy) is 1. The number of amides is 2. The summed E-state index contributed by atoms with van der Waals surface area (Å²) in [4.78, 5) is 26.0. The Hall–Kier alpha value is -3.85. The largest absolute Gasteiger partial charge is 0.481 e. The van der Waals surface area contributed by atoms with Gasteiger partial charge in [0.15, 0.2) is 6.10 Å². The maximum absolute atomic E-state index is 13.0. The number of para-hydroxylation sites is 1. The van der Waals surface area contributed by atoms with Crippen molar-refractivity contribution < 1.29 is 22.7 Å². The second-order valence-corrected chi connectivity index (χ2v) is 10.4. The van der Waals surface area contributed by atoms with Crippen molar-refractivity contribution in [3.05, 3.63) is 90.0 Å². The highest BCUT2D eigenvalue weighted by Crippen LogP contribution is 2.23. The third-order valence-corrected chi connectivity index (χ3v) is 6.92. The Balaban J connectivity index is 1.69. The summed E-state index contributed by atoms with van der Waals surface area (Å²) >= 11 is 0. The molecule has 3 aromatic carbocycles. The van der Waals surface area contributed by atoms with E-state index in [1.807, 2.05) is 44.2 Å². The number of sulfonamides is 1. The van der Waals surface area contributed by atoms with E-state index in [4.69, 9.17) is 4.74 Å². The quantitative estimate of drug-likeness (QED) is 0.422. The summed E-state index contributed by atoms with van der Waals surface area (Å²) in [5.41, 5.74) is 2.18. The second-order valence-electron chi connectivity index (χ2n) is 8.38. The minimum absolute atomic E-state index is 0.209. The van der Waals surface area contributed by atoms with Crippen LogP contribution in [-0.2, 0) is 14.8 Å². The lowest BCUT2D eigenvalue weighted by atomic mass is 10.1. The van der Waals surface area contributed by atoms with Gasteiger partial charge in [-0.25, -0.2) is 8.42 Å². The molecule has 0 aliphatic carbocycles. The molecule has 2 amide bonds. The van der Waals surface area contributed by atoms with Gasteiger partial charge in [0.2, 0.25) is 10.0 Å². The minimum atomic E-state index is -3.38. The third kappa shape index (κ3) is 6.85. The SMILES string of the molecule is CCC(Oc1ccc(N(C)S(C)(=O)=O)cc1)C(=O)Nc1ccccc1C(=O)NC(C)c1ccccc1. The molecule has 0 radical (unpaired) electrons. The molecule has 0 saturated heterocycles. The van der Waals surface area contributed by atoms with E-state index in [2.05, 4.69) is 10.6 Å². The summed E-state index contributed by atoms with van der Waals surface area (Å²) in [6.45, 7) is 3.71. The number of carbonyl (C=O) groups is 2. The maximum Gasteiger partial charge on any atom is 0.265 e. The van der Waals surface area contributed by atoms with Crippen LogP contribution in [0.2, 0.25) is 0 Å². The fourth-order valence-electron chi connectivity index (χ4n) is 3.52. The third-order valence-electron chi connectivity index (χ3n) is 5.72. The van der Waals surface area contributed by atoms with Crippen LogP contribution >= 0.6 is 0 Å². The van der Waals surface area contributed by atoms with E-state index in [9.17, 15) is 18.0 Å². The van der Waals surface area contributed by atoms with Gasteiger partial charge in [-0.3, -0.25) is 13.9 Å². The van der Waals surface area contributed by atoms with Gasteiger partial charge in [-0.2, -0.15) is 0 Å². The normalized spacial score (nSPS) is 12.8. The Bertz CT molecular complexity index is 1290. The average molecular weight is 510 g/mol. The molecule has 0 saturated carbocycles. The lowest BCUT2D eigenvalue weighted by Gasteiger charge is -2.20. The summed E-state index contributed by atoms with van der Waals surface area (Å²) in [6.07, 6.45) is 0.689. The number of nitrogens with one attached hydrogen (secondary N) is 2. The zero-order chi connectivity index (χ0) is 26.3. The Morgan fingerprint density at radius 1 is 0.944 bits per heavy atom. The van der Waals surface area contributed by atoms with Crippen molar-refractivity contribution in [2.75, 3.05) is 22.9 Å². The molecule has 9 heteroatoms. The Morgan fingerprint density at radius 2 is 1.56 bits per heavy atom. The molecule has 0 aliphatic rings.